The van der Waals surface area contributed by atoms with Gasteiger partial charge in [-0.2, -0.15) is 0 Å². The van der Waals surface area contributed by atoms with Gasteiger partial charge in [-0.05, 0) is 30.0 Å². The third kappa shape index (κ3) is 4.85. The first-order valence-corrected chi connectivity index (χ1v) is 6.95. The van der Waals surface area contributed by atoms with E-state index < -0.39 is 0 Å². The van der Waals surface area contributed by atoms with Crippen molar-refractivity contribution in [2.24, 2.45) is 11.1 Å². The molecule has 0 aliphatic heterocycles. The second kappa shape index (κ2) is 7.29. The van der Waals surface area contributed by atoms with Crippen LogP contribution >= 0.6 is 0 Å². The molecule has 1 aromatic carbocycles. The summed E-state index contributed by atoms with van der Waals surface area (Å²) >= 11 is 0. The molecular weight excluding hydrogens is 252 g/mol. The number of benzene rings is 1. The molecule has 1 rings (SSSR count). The van der Waals surface area contributed by atoms with Crippen LogP contribution in [-0.4, -0.2) is 38.1 Å². The lowest BCUT2D eigenvalue weighted by atomic mass is 9.93. The molecule has 20 heavy (non-hydrogen) atoms. The van der Waals surface area contributed by atoms with Gasteiger partial charge in [0.2, 0.25) is 5.91 Å². The fourth-order valence-corrected chi connectivity index (χ4v) is 2.14. The van der Waals surface area contributed by atoms with Gasteiger partial charge in [0.1, 0.15) is 5.75 Å². The number of ether oxygens (including phenoxy) is 1. The van der Waals surface area contributed by atoms with Crippen LogP contribution in [0.5, 0.6) is 5.75 Å². The molecule has 0 fully saturated rings. The molecule has 1 amide bonds. The number of nitrogens with two attached hydrogens (primary N) is 1. The largest absolute Gasteiger partial charge is 0.496 e. The predicted octanol–water partition coefficient (Wildman–Crippen LogP) is 2.07. The van der Waals surface area contributed by atoms with E-state index >= 15 is 0 Å². The molecule has 0 atom stereocenters. The summed E-state index contributed by atoms with van der Waals surface area (Å²) in [6.07, 6.45) is 1.17. The van der Waals surface area contributed by atoms with Gasteiger partial charge in [0.05, 0.1) is 7.11 Å². The summed E-state index contributed by atoms with van der Waals surface area (Å²) in [5.41, 5.74) is 6.72. The molecule has 0 unspecified atom stereocenters. The van der Waals surface area contributed by atoms with E-state index in [0.29, 0.717) is 25.9 Å². The van der Waals surface area contributed by atoms with Crippen molar-refractivity contribution < 1.29 is 9.53 Å². The van der Waals surface area contributed by atoms with Gasteiger partial charge in [0.25, 0.3) is 0 Å². The minimum Gasteiger partial charge on any atom is -0.496 e. The summed E-state index contributed by atoms with van der Waals surface area (Å²) in [4.78, 5) is 13.9. The zero-order chi connectivity index (χ0) is 15.2. The van der Waals surface area contributed by atoms with Crippen molar-refractivity contribution >= 4 is 5.91 Å². The van der Waals surface area contributed by atoms with Crippen LogP contribution in [0.4, 0.5) is 0 Å². The summed E-state index contributed by atoms with van der Waals surface area (Å²) in [5.74, 6) is 0.975. The molecule has 0 heterocycles. The summed E-state index contributed by atoms with van der Waals surface area (Å²) in [6.45, 7) is 5.37. The van der Waals surface area contributed by atoms with Crippen molar-refractivity contribution in [3.63, 3.8) is 0 Å². The second-order valence-electron chi connectivity index (χ2n) is 5.93. The van der Waals surface area contributed by atoms with E-state index in [9.17, 15) is 4.79 Å². The highest BCUT2D eigenvalue weighted by molar-refractivity contribution is 5.76. The lowest BCUT2D eigenvalue weighted by Crippen LogP contribution is -2.39. The number of para-hydroxylation sites is 1. The molecule has 0 saturated heterocycles. The zero-order valence-electron chi connectivity index (χ0n) is 13.0. The topological polar surface area (TPSA) is 55.6 Å². The van der Waals surface area contributed by atoms with Crippen molar-refractivity contribution in [3.05, 3.63) is 29.8 Å². The Morgan fingerprint density at radius 2 is 2.00 bits per heavy atom. The summed E-state index contributed by atoms with van der Waals surface area (Å²) < 4.78 is 5.29. The monoisotopic (exact) mass is 278 g/mol. The quantitative estimate of drug-likeness (QED) is 0.830. The van der Waals surface area contributed by atoms with Crippen LogP contribution in [-0.2, 0) is 11.2 Å². The minimum absolute atomic E-state index is 0.0468. The Balaban J connectivity index is 2.55. The van der Waals surface area contributed by atoms with E-state index in [2.05, 4.69) is 13.8 Å². The molecule has 0 radical (unpaired) electrons. The van der Waals surface area contributed by atoms with E-state index in [0.717, 1.165) is 11.3 Å². The third-order valence-electron chi connectivity index (χ3n) is 3.44. The summed E-state index contributed by atoms with van der Waals surface area (Å²) in [6, 6.07) is 7.81. The molecule has 0 bridgehead atoms. The number of amides is 1. The molecule has 0 saturated carbocycles. The van der Waals surface area contributed by atoms with Gasteiger partial charge in [-0.25, -0.2) is 0 Å². The molecule has 0 aliphatic carbocycles. The number of aryl methyl sites for hydroxylation is 1. The van der Waals surface area contributed by atoms with Gasteiger partial charge in [0, 0.05) is 20.0 Å². The SMILES string of the molecule is COc1ccccc1CCC(=O)N(C)CC(C)(C)CN. The van der Waals surface area contributed by atoms with E-state index in [1.54, 1.807) is 12.0 Å². The average molecular weight is 278 g/mol. The first-order valence-electron chi connectivity index (χ1n) is 6.95. The Morgan fingerprint density at radius 1 is 1.35 bits per heavy atom. The van der Waals surface area contributed by atoms with Crippen LogP contribution in [0, 0.1) is 5.41 Å². The highest BCUT2D eigenvalue weighted by Gasteiger charge is 2.21. The van der Waals surface area contributed by atoms with Crippen molar-refractivity contribution in [2.75, 3.05) is 27.2 Å². The molecule has 0 spiro atoms. The number of methoxy groups -OCH3 is 1. The number of carbonyl (C=O) groups excluding carboxylic acids is 1. The van der Waals surface area contributed by atoms with Crippen LogP contribution in [0.25, 0.3) is 0 Å². The number of hydrogen-bond donors (Lipinski definition) is 1. The van der Waals surface area contributed by atoms with Crippen molar-refractivity contribution in [2.45, 2.75) is 26.7 Å². The Labute approximate surface area is 121 Å². The molecule has 4 nitrogen and oxygen atoms in total. The maximum atomic E-state index is 12.2. The van der Waals surface area contributed by atoms with E-state index in [4.69, 9.17) is 10.5 Å². The van der Waals surface area contributed by atoms with Crippen LogP contribution in [0.15, 0.2) is 24.3 Å². The van der Waals surface area contributed by atoms with Crippen LogP contribution in [0.2, 0.25) is 0 Å². The van der Waals surface area contributed by atoms with Gasteiger partial charge in [-0.1, -0.05) is 32.0 Å². The molecule has 112 valence electrons. The van der Waals surface area contributed by atoms with E-state index in [-0.39, 0.29) is 11.3 Å². The molecule has 1 aromatic rings. The summed E-state index contributed by atoms with van der Waals surface area (Å²) in [5, 5.41) is 0. The Morgan fingerprint density at radius 3 is 2.60 bits per heavy atom. The number of rotatable bonds is 7. The van der Waals surface area contributed by atoms with E-state index in [1.807, 2.05) is 31.3 Å². The van der Waals surface area contributed by atoms with Crippen LogP contribution in [0.3, 0.4) is 0 Å². The number of carbonyl (C=O) groups is 1. The highest BCUT2D eigenvalue weighted by Crippen LogP contribution is 2.20. The van der Waals surface area contributed by atoms with Gasteiger partial charge in [-0.15, -0.1) is 0 Å². The van der Waals surface area contributed by atoms with Crippen LogP contribution in [0.1, 0.15) is 25.8 Å². The Kier molecular flexibility index (Phi) is 6.02. The Bertz CT molecular complexity index is 444. The normalized spacial score (nSPS) is 11.2. The average Bonchev–Trinajstić information content (AvgIpc) is 2.44. The van der Waals surface area contributed by atoms with Crippen molar-refractivity contribution in [1.29, 1.82) is 0 Å². The molecule has 0 aromatic heterocycles. The van der Waals surface area contributed by atoms with E-state index in [1.165, 1.54) is 0 Å². The highest BCUT2D eigenvalue weighted by atomic mass is 16.5. The molecule has 2 N–H and O–H groups in total. The maximum absolute atomic E-state index is 12.2. The summed E-state index contributed by atoms with van der Waals surface area (Å²) in [7, 11) is 3.48. The first kappa shape index (κ1) is 16.5. The first-order chi connectivity index (χ1) is 9.39. The predicted molar refractivity (Wildman–Crippen MR) is 81.8 cm³/mol. The van der Waals surface area contributed by atoms with Gasteiger partial charge >= 0.3 is 0 Å². The van der Waals surface area contributed by atoms with Gasteiger partial charge < -0.3 is 15.4 Å². The smallest absolute Gasteiger partial charge is 0.222 e. The molecule has 0 aliphatic rings. The second-order valence-corrected chi connectivity index (χ2v) is 5.93. The third-order valence-corrected chi connectivity index (χ3v) is 3.44. The number of hydrogen-bond acceptors (Lipinski definition) is 3. The zero-order valence-corrected chi connectivity index (χ0v) is 13.0. The van der Waals surface area contributed by atoms with Crippen molar-refractivity contribution in [1.82, 2.24) is 4.90 Å². The minimum atomic E-state index is -0.0468. The standard InChI is InChI=1S/C16H26N2O2/c1-16(2,11-17)12-18(3)15(19)10-9-13-7-5-6-8-14(13)20-4/h5-8H,9-12,17H2,1-4H3. The fourth-order valence-electron chi connectivity index (χ4n) is 2.14. The molecule has 4 heteroatoms. The lowest BCUT2D eigenvalue weighted by Gasteiger charge is -2.29. The lowest BCUT2D eigenvalue weighted by molar-refractivity contribution is -0.131. The van der Waals surface area contributed by atoms with Gasteiger partial charge in [0.15, 0.2) is 0 Å². The number of nitrogens with zero attached hydrogens (tertiary/aromatic N) is 1. The Hall–Kier alpha value is -1.55. The molecular formula is C16H26N2O2. The maximum Gasteiger partial charge on any atom is 0.222 e. The van der Waals surface area contributed by atoms with Crippen molar-refractivity contribution in [3.8, 4) is 5.75 Å². The van der Waals surface area contributed by atoms with Crippen LogP contribution < -0.4 is 10.5 Å². The fraction of sp³-hybridized carbons (Fsp3) is 0.562. The van der Waals surface area contributed by atoms with Gasteiger partial charge in [-0.3, -0.25) is 4.79 Å².